The number of benzene rings is 1. The maximum atomic E-state index is 5.57. The maximum absolute atomic E-state index is 5.57. The van der Waals surface area contributed by atoms with Gasteiger partial charge in [0.05, 0.1) is 0 Å². The van der Waals surface area contributed by atoms with E-state index in [1.807, 2.05) is 12.4 Å². The van der Waals surface area contributed by atoms with Gasteiger partial charge in [0.25, 0.3) is 0 Å². The fourth-order valence-electron chi connectivity index (χ4n) is 1.92. The summed E-state index contributed by atoms with van der Waals surface area (Å²) in [6.07, 6.45) is 5.77. The zero-order chi connectivity index (χ0) is 12.1. The predicted octanol–water partition coefficient (Wildman–Crippen LogP) is 2.00. The molecule has 0 fully saturated rings. The summed E-state index contributed by atoms with van der Waals surface area (Å²) >= 11 is 0. The Labute approximate surface area is 102 Å². The van der Waals surface area contributed by atoms with E-state index in [1.54, 1.807) is 0 Å². The molecule has 0 unspecified atom stereocenters. The van der Waals surface area contributed by atoms with Crippen LogP contribution in [-0.2, 0) is 19.4 Å². The highest BCUT2D eigenvalue weighted by Gasteiger charge is 2.02. The van der Waals surface area contributed by atoms with Gasteiger partial charge in [0, 0.05) is 25.4 Å². The Morgan fingerprint density at radius 1 is 1.18 bits per heavy atom. The first-order chi connectivity index (χ1) is 8.33. The molecule has 0 aliphatic rings. The van der Waals surface area contributed by atoms with Gasteiger partial charge >= 0.3 is 0 Å². The van der Waals surface area contributed by atoms with E-state index in [9.17, 15) is 0 Å². The van der Waals surface area contributed by atoms with Gasteiger partial charge in [-0.05, 0) is 24.1 Å². The van der Waals surface area contributed by atoms with Crippen LogP contribution in [0.5, 0.6) is 0 Å². The van der Waals surface area contributed by atoms with E-state index in [2.05, 4.69) is 40.7 Å². The van der Waals surface area contributed by atoms with Crippen molar-refractivity contribution >= 4 is 0 Å². The van der Waals surface area contributed by atoms with E-state index in [4.69, 9.17) is 5.73 Å². The molecule has 0 atom stereocenters. The lowest BCUT2D eigenvalue weighted by Gasteiger charge is -2.07. The van der Waals surface area contributed by atoms with Crippen molar-refractivity contribution in [2.24, 2.45) is 5.73 Å². The molecule has 2 rings (SSSR count). The normalized spacial score (nSPS) is 10.7. The lowest BCUT2D eigenvalue weighted by Crippen LogP contribution is -2.10. The summed E-state index contributed by atoms with van der Waals surface area (Å²) in [6, 6.07) is 8.75. The van der Waals surface area contributed by atoms with E-state index < -0.39 is 0 Å². The Balaban J connectivity index is 2.10. The van der Waals surface area contributed by atoms with Crippen LogP contribution >= 0.6 is 0 Å². The summed E-state index contributed by atoms with van der Waals surface area (Å²) in [7, 11) is 0. The SMILES string of the molecule is CCc1ccc(Cn2ccnc2CCN)cc1. The van der Waals surface area contributed by atoms with Crippen LogP contribution in [0.1, 0.15) is 23.9 Å². The van der Waals surface area contributed by atoms with E-state index in [0.717, 1.165) is 25.2 Å². The van der Waals surface area contributed by atoms with Crippen LogP contribution in [0.25, 0.3) is 0 Å². The van der Waals surface area contributed by atoms with Crippen molar-refractivity contribution in [1.82, 2.24) is 9.55 Å². The van der Waals surface area contributed by atoms with Crippen molar-refractivity contribution in [3.63, 3.8) is 0 Å². The molecule has 0 bridgehead atoms. The van der Waals surface area contributed by atoms with Gasteiger partial charge in [-0.2, -0.15) is 0 Å². The summed E-state index contributed by atoms with van der Waals surface area (Å²) in [4.78, 5) is 4.32. The van der Waals surface area contributed by atoms with Crippen LogP contribution in [0.4, 0.5) is 0 Å². The van der Waals surface area contributed by atoms with Crippen LogP contribution in [0.3, 0.4) is 0 Å². The van der Waals surface area contributed by atoms with Crippen LogP contribution in [0, 0.1) is 0 Å². The van der Waals surface area contributed by atoms with Crippen LogP contribution in [0.15, 0.2) is 36.7 Å². The van der Waals surface area contributed by atoms with Crippen LogP contribution < -0.4 is 5.73 Å². The van der Waals surface area contributed by atoms with Gasteiger partial charge in [-0.25, -0.2) is 4.98 Å². The first-order valence-electron chi connectivity index (χ1n) is 6.11. The Hall–Kier alpha value is -1.61. The van der Waals surface area contributed by atoms with E-state index in [0.29, 0.717) is 6.54 Å². The number of hydrogen-bond donors (Lipinski definition) is 1. The number of aryl methyl sites for hydroxylation is 1. The molecule has 0 saturated heterocycles. The average Bonchev–Trinajstić information content (AvgIpc) is 2.78. The van der Waals surface area contributed by atoms with Crippen LogP contribution in [0.2, 0.25) is 0 Å². The van der Waals surface area contributed by atoms with Crippen molar-refractivity contribution < 1.29 is 0 Å². The summed E-state index contributed by atoms with van der Waals surface area (Å²) in [5.41, 5.74) is 8.25. The summed E-state index contributed by atoms with van der Waals surface area (Å²) in [6.45, 7) is 3.69. The predicted molar refractivity (Wildman–Crippen MR) is 69.9 cm³/mol. The van der Waals surface area contributed by atoms with Gasteiger partial charge in [0.2, 0.25) is 0 Å². The van der Waals surface area contributed by atoms with Gasteiger partial charge < -0.3 is 10.3 Å². The number of nitrogens with two attached hydrogens (primary N) is 1. The largest absolute Gasteiger partial charge is 0.330 e. The number of rotatable bonds is 5. The Bertz CT molecular complexity index is 457. The molecule has 0 aliphatic heterocycles. The van der Waals surface area contributed by atoms with Gasteiger partial charge in [0.15, 0.2) is 0 Å². The smallest absolute Gasteiger partial charge is 0.110 e. The molecule has 0 radical (unpaired) electrons. The molecule has 1 aromatic carbocycles. The van der Waals surface area contributed by atoms with Crippen molar-refractivity contribution in [3.8, 4) is 0 Å². The van der Waals surface area contributed by atoms with Crippen LogP contribution in [-0.4, -0.2) is 16.1 Å². The van der Waals surface area contributed by atoms with E-state index >= 15 is 0 Å². The average molecular weight is 229 g/mol. The first kappa shape index (κ1) is 11.9. The Morgan fingerprint density at radius 2 is 1.88 bits per heavy atom. The van der Waals surface area contributed by atoms with E-state index in [1.165, 1.54) is 11.1 Å². The molecule has 2 N–H and O–H groups in total. The minimum atomic E-state index is 0.645. The zero-order valence-electron chi connectivity index (χ0n) is 10.3. The highest BCUT2D eigenvalue weighted by Crippen LogP contribution is 2.08. The Morgan fingerprint density at radius 3 is 2.53 bits per heavy atom. The third-order valence-electron chi connectivity index (χ3n) is 2.95. The number of hydrogen-bond acceptors (Lipinski definition) is 2. The second kappa shape index (κ2) is 5.64. The molecule has 0 amide bonds. The molecule has 3 nitrogen and oxygen atoms in total. The molecule has 17 heavy (non-hydrogen) atoms. The second-order valence-corrected chi connectivity index (χ2v) is 4.18. The monoisotopic (exact) mass is 229 g/mol. The Kier molecular flexibility index (Phi) is 3.94. The summed E-state index contributed by atoms with van der Waals surface area (Å²) in [5.74, 6) is 1.06. The molecule has 1 heterocycles. The minimum absolute atomic E-state index is 0.645. The maximum Gasteiger partial charge on any atom is 0.110 e. The summed E-state index contributed by atoms with van der Waals surface area (Å²) in [5, 5.41) is 0. The van der Waals surface area contributed by atoms with Gasteiger partial charge in [0.1, 0.15) is 5.82 Å². The lowest BCUT2D eigenvalue weighted by atomic mass is 10.1. The molecule has 0 saturated carbocycles. The standard InChI is InChI=1S/C14H19N3/c1-2-12-3-5-13(6-4-12)11-17-10-9-16-14(17)7-8-15/h3-6,9-10H,2,7-8,11,15H2,1H3. The van der Waals surface area contributed by atoms with Gasteiger partial charge in [-0.3, -0.25) is 0 Å². The van der Waals surface area contributed by atoms with Gasteiger partial charge in [-0.15, -0.1) is 0 Å². The fourth-order valence-corrected chi connectivity index (χ4v) is 1.92. The molecule has 3 heteroatoms. The fraction of sp³-hybridized carbons (Fsp3) is 0.357. The molecular weight excluding hydrogens is 210 g/mol. The first-order valence-corrected chi connectivity index (χ1v) is 6.11. The number of nitrogens with zero attached hydrogens (tertiary/aromatic N) is 2. The number of aromatic nitrogens is 2. The highest BCUT2D eigenvalue weighted by atomic mass is 15.1. The molecule has 90 valence electrons. The zero-order valence-corrected chi connectivity index (χ0v) is 10.3. The highest BCUT2D eigenvalue weighted by molar-refractivity contribution is 5.23. The molecule has 2 aromatic rings. The molecule has 0 aliphatic carbocycles. The third-order valence-corrected chi connectivity index (χ3v) is 2.95. The van der Waals surface area contributed by atoms with Crippen molar-refractivity contribution in [3.05, 3.63) is 53.6 Å². The van der Waals surface area contributed by atoms with Crippen molar-refractivity contribution in [2.45, 2.75) is 26.3 Å². The topological polar surface area (TPSA) is 43.8 Å². The summed E-state index contributed by atoms with van der Waals surface area (Å²) < 4.78 is 2.16. The molecule has 0 spiro atoms. The van der Waals surface area contributed by atoms with Crippen molar-refractivity contribution in [2.75, 3.05) is 6.54 Å². The van der Waals surface area contributed by atoms with E-state index in [-0.39, 0.29) is 0 Å². The molecule has 1 aromatic heterocycles. The number of imidazole rings is 1. The second-order valence-electron chi connectivity index (χ2n) is 4.18. The minimum Gasteiger partial charge on any atom is -0.330 e. The lowest BCUT2D eigenvalue weighted by molar-refractivity contribution is 0.716. The molecular formula is C14H19N3. The van der Waals surface area contributed by atoms with Crippen molar-refractivity contribution in [1.29, 1.82) is 0 Å². The third kappa shape index (κ3) is 2.94. The quantitative estimate of drug-likeness (QED) is 0.852. The van der Waals surface area contributed by atoms with Gasteiger partial charge in [-0.1, -0.05) is 31.2 Å².